The van der Waals surface area contributed by atoms with E-state index in [0.29, 0.717) is 13.0 Å². The molecule has 0 N–H and O–H groups in total. The smallest absolute Gasteiger partial charge is 0.356 e. The molecule has 0 aromatic heterocycles. The minimum atomic E-state index is -1.11. The molecular weight excluding hydrogens is 246 g/mol. The van der Waals surface area contributed by atoms with Gasteiger partial charge in [0.2, 0.25) is 0 Å². The van der Waals surface area contributed by atoms with Gasteiger partial charge in [-0.05, 0) is 20.8 Å². The van der Waals surface area contributed by atoms with Crippen LogP contribution in [0.4, 0.5) is 0 Å². The lowest BCUT2D eigenvalue weighted by Gasteiger charge is -2.24. The van der Waals surface area contributed by atoms with E-state index in [2.05, 4.69) is 25.9 Å². The Bertz CT molecular complexity index is 422. The first-order valence-corrected chi connectivity index (χ1v) is 6.74. The summed E-state index contributed by atoms with van der Waals surface area (Å²) in [6.45, 7) is 12.1. The molecule has 2 aliphatic rings. The minimum Gasteiger partial charge on any atom is -0.463 e. The van der Waals surface area contributed by atoms with E-state index < -0.39 is 5.60 Å². The first kappa shape index (κ1) is 14.3. The van der Waals surface area contributed by atoms with Crippen molar-refractivity contribution in [1.82, 2.24) is 0 Å². The van der Waals surface area contributed by atoms with Crippen LogP contribution in [-0.2, 0) is 19.1 Å². The summed E-state index contributed by atoms with van der Waals surface area (Å²) >= 11 is 0. The summed E-state index contributed by atoms with van der Waals surface area (Å²) in [7, 11) is 0. The van der Waals surface area contributed by atoms with Gasteiger partial charge >= 0.3 is 5.97 Å². The lowest BCUT2D eigenvalue weighted by molar-refractivity contribution is -0.171. The average Bonchev–Trinajstić information content (AvgIpc) is 2.76. The zero-order valence-corrected chi connectivity index (χ0v) is 12.6. The molecule has 5 nitrogen and oxygen atoms in total. The monoisotopic (exact) mass is 269 g/mol. The molecule has 2 aliphatic heterocycles. The fourth-order valence-electron chi connectivity index (χ4n) is 2.39. The van der Waals surface area contributed by atoms with Crippen molar-refractivity contribution in [3.8, 4) is 0 Å². The van der Waals surface area contributed by atoms with Gasteiger partial charge in [0.1, 0.15) is 6.10 Å². The van der Waals surface area contributed by atoms with Crippen LogP contribution >= 0.6 is 0 Å². The molecule has 0 aliphatic carbocycles. The molecule has 2 unspecified atom stereocenters. The summed E-state index contributed by atoms with van der Waals surface area (Å²) in [5.74, 6) is -0.381. The molecule has 108 valence electrons. The zero-order valence-electron chi connectivity index (χ0n) is 12.6. The Hall–Kier alpha value is -1.10. The van der Waals surface area contributed by atoms with Crippen LogP contribution in [0.15, 0.2) is 5.16 Å². The second-order valence-corrected chi connectivity index (χ2v) is 6.77. The standard InChI is InChI=1S/C14H23NO4/c1-7-17-11(16)14(10-13(5,6)18-10)8-9(15-19-14)12(2,3)4/h10H,7-8H2,1-6H3. The molecule has 0 aromatic carbocycles. The lowest BCUT2D eigenvalue weighted by atomic mass is 9.80. The molecule has 2 rings (SSSR count). The minimum absolute atomic E-state index is 0.132. The number of rotatable bonds is 3. The lowest BCUT2D eigenvalue weighted by Crippen LogP contribution is -2.48. The molecule has 1 saturated heterocycles. The van der Waals surface area contributed by atoms with Crippen LogP contribution in [0.25, 0.3) is 0 Å². The molecule has 19 heavy (non-hydrogen) atoms. The van der Waals surface area contributed by atoms with Crippen LogP contribution in [0.5, 0.6) is 0 Å². The molecule has 0 aromatic rings. The SMILES string of the molecule is CCOC(=O)C1(C2OC2(C)C)CC(C(C)(C)C)=NO1. The molecule has 1 fully saturated rings. The van der Waals surface area contributed by atoms with Crippen molar-refractivity contribution in [2.24, 2.45) is 10.6 Å². The van der Waals surface area contributed by atoms with Crippen LogP contribution < -0.4 is 0 Å². The van der Waals surface area contributed by atoms with Gasteiger partial charge in [-0.25, -0.2) is 4.79 Å². The molecule has 2 atom stereocenters. The third-order valence-electron chi connectivity index (χ3n) is 3.65. The van der Waals surface area contributed by atoms with Crippen molar-refractivity contribution in [2.45, 2.75) is 65.3 Å². The first-order valence-electron chi connectivity index (χ1n) is 6.74. The molecule has 0 radical (unpaired) electrons. The van der Waals surface area contributed by atoms with Gasteiger partial charge in [-0.1, -0.05) is 25.9 Å². The van der Waals surface area contributed by atoms with Crippen molar-refractivity contribution < 1.29 is 19.1 Å². The van der Waals surface area contributed by atoms with Crippen molar-refractivity contribution in [2.75, 3.05) is 6.61 Å². The highest BCUT2D eigenvalue weighted by atomic mass is 16.7. The summed E-state index contributed by atoms with van der Waals surface area (Å²) in [4.78, 5) is 17.9. The summed E-state index contributed by atoms with van der Waals surface area (Å²) in [5, 5.41) is 4.13. The molecule has 2 heterocycles. The van der Waals surface area contributed by atoms with Crippen molar-refractivity contribution in [3.63, 3.8) is 0 Å². The Morgan fingerprint density at radius 1 is 1.47 bits per heavy atom. The highest BCUT2D eigenvalue weighted by Gasteiger charge is 2.69. The number of carbonyl (C=O) groups is 1. The van der Waals surface area contributed by atoms with Crippen LogP contribution in [-0.4, -0.2) is 35.6 Å². The number of ether oxygens (including phenoxy) is 2. The summed E-state index contributed by atoms with van der Waals surface area (Å²) in [5.41, 5.74) is -0.739. The number of hydrogen-bond acceptors (Lipinski definition) is 5. The van der Waals surface area contributed by atoms with Gasteiger partial charge in [-0.15, -0.1) is 0 Å². The number of esters is 1. The molecule has 0 saturated carbocycles. The fraction of sp³-hybridized carbons (Fsp3) is 0.857. The van der Waals surface area contributed by atoms with Gasteiger partial charge in [0.05, 0.1) is 17.9 Å². The number of hydrogen-bond donors (Lipinski definition) is 0. The Morgan fingerprint density at radius 3 is 2.42 bits per heavy atom. The predicted molar refractivity (Wildman–Crippen MR) is 70.9 cm³/mol. The van der Waals surface area contributed by atoms with Crippen molar-refractivity contribution >= 4 is 11.7 Å². The number of nitrogens with zero attached hydrogens (tertiary/aromatic N) is 1. The van der Waals surface area contributed by atoms with E-state index in [1.807, 2.05) is 13.8 Å². The van der Waals surface area contributed by atoms with E-state index in [1.165, 1.54) is 0 Å². The van der Waals surface area contributed by atoms with Crippen LogP contribution in [0.3, 0.4) is 0 Å². The van der Waals surface area contributed by atoms with E-state index in [-0.39, 0.29) is 23.1 Å². The first-order chi connectivity index (χ1) is 8.63. The van der Waals surface area contributed by atoms with Crippen molar-refractivity contribution in [1.29, 1.82) is 0 Å². The summed E-state index contributed by atoms with van der Waals surface area (Å²) in [6, 6.07) is 0. The van der Waals surface area contributed by atoms with Gasteiger partial charge < -0.3 is 14.3 Å². The number of oxime groups is 1. The Morgan fingerprint density at radius 2 is 2.05 bits per heavy atom. The average molecular weight is 269 g/mol. The fourth-order valence-corrected chi connectivity index (χ4v) is 2.39. The van der Waals surface area contributed by atoms with Gasteiger partial charge in [0.15, 0.2) is 0 Å². The normalized spacial score (nSPS) is 32.5. The molecule has 0 amide bonds. The topological polar surface area (TPSA) is 60.4 Å². The third-order valence-corrected chi connectivity index (χ3v) is 3.65. The second kappa shape index (κ2) is 4.20. The number of epoxide rings is 1. The summed E-state index contributed by atoms with van der Waals surface area (Å²) < 4.78 is 10.8. The largest absolute Gasteiger partial charge is 0.463 e. The van der Waals surface area contributed by atoms with E-state index >= 15 is 0 Å². The summed E-state index contributed by atoms with van der Waals surface area (Å²) in [6.07, 6.45) is 0.131. The Labute approximate surface area is 114 Å². The zero-order chi connectivity index (χ0) is 14.5. The Balaban J connectivity index is 2.23. The van der Waals surface area contributed by atoms with E-state index in [9.17, 15) is 4.79 Å². The maximum absolute atomic E-state index is 12.3. The van der Waals surface area contributed by atoms with Crippen LogP contribution in [0.1, 0.15) is 48.0 Å². The van der Waals surface area contributed by atoms with E-state index in [4.69, 9.17) is 14.3 Å². The van der Waals surface area contributed by atoms with Crippen LogP contribution in [0, 0.1) is 5.41 Å². The van der Waals surface area contributed by atoms with Crippen LogP contribution in [0.2, 0.25) is 0 Å². The third kappa shape index (κ3) is 2.36. The Kier molecular flexibility index (Phi) is 3.16. The highest BCUT2D eigenvalue weighted by molar-refractivity contribution is 5.97. The number of carbonyl (C=O) groups excluding carboxylic acids is 1. The van der Waals surface area contributed by atoms with Gasteiger partial charge in [0, 0.05) is 11.8 Å². The van der Waals surface area contributed by atoms with Crippen molar-refractivity contribution in [3.05, 3.63) is 0 Å². The quantitative estimate of drug-likeness (QED) is 0.582. The van der Waals surface area contributed by atoms with E-state index in [1.54, 1.807) is 6.92 Å². The highest BCUT2D eigenvalue weighted by Crippen LogP contribution is 2.49. The predicted octanol–water partition coefficient (Wildman–Crippen LogP) is 2.29. The second-order valence-electron chi connectivity index (χ2n) is 6.77. The van der Waals surface area contributed by atoms with Gasteiger partial charge in [0.25, 0.3) is 5.60 Å². The maximum atomic E-state index is 12.3. The maximum Gasteiger partial charge on any atom is 0.356 e. The van der Waals surface area contributed by atoms with E-state index in [0.717, 1.165) is 5.71 Å². The van der Waals surface area contributed by atoms with Gasteiger partial charge in [-0.2, -0.15) is 0 Å². The molecule has 5 heteroatoms. The molecule has 0 bridgehead atoms. The van der Waals surface area contributed by atoms with Gasteiger partial charge in [-0.3, -0.25) is 0 Å². The molecular formula is C14H23NO4. The molecule has 0 spiro atoms.